The van der Waals surface area contributed by atoms with Crippen molar-refractivity contribution in [1.29, 1.82) is 0 Å². The molecule has 0 aliphatic heterocycles. The molecule has 0 nitrogen and oxygen atoms in total. The third-order valence-corrected chi connectivity index (χ3v) is 3.62. The molecule has 0 aromatic heterocycles. The Labute approximate surface area is 70.7 Å². The molecular weight excluding hydrogens is 132 g/mol. The SMILES string of the molecule is C=CC(C)C1(CC)CCCC1. The lowest BCUT2D eigenvalue weighted by molar-refractivity contribution is 0.211. The number of allylic oxidation sites excluding steroid dienone is 1. The van der Waals surface area contributed by atoms with Gasteiger partial charge in [0.25, 0.3) is 0 Å². The Balaban J connectivity index is 2.65. The predicted molar refractivity (Wildman–Crippen MR) is 50.6 cm³/mol. The third-order valence-electron chi connectivity index (χ3n) is 3.62. The van der Waals surface area contributed by atoms with E-state index in [0.717, 1.165) is 5.92 Å². The van der Waals surface area contributed by atoms with Gasteiger partial charge in [0, 0.05) is 0 Å². The minimum Gasteiger partial charge on any atom is -0.103 e. The van der Waals surface area contributed by atoms with Gasteiger partial charge < -0.3 is 0 Å². The molecule has 0 aromatic carbocycles. The molecule has 1 fully saturated rings. The predicted octanol–water partition coefficient (Wildman–Crippen LogP) is 3.78. The molecular formula is C11H20. The highest BCUT2D eigenvalue weighted by molar-refractivity contribution is 4.94. The van der Waals surface area contributed by atoms with Gasteiger partial charge in [0.05, 0.1) is 0 Å². The van der Waals surface area contributed by atoms with Crippen molar-refractivity contribution < 1.29 is 0 Å². The van der Waals surface area contributed by atoms with Crippen molar-refractivity contribution in [3.8, 4) is 0 Å². The summed E-state index contributed by atoms with van der Waals surface area (Å²) in [6.45, 7) is 8.54. The maximum atomic E-state index is 3.90. The highest BCUT2D eigenvalue weighted by Gasteiger charge is 2.35. The summed E-state index contributed by atoms with van der Waals surface area (Å²) in [4.78, 5) is 0. The Bertz CT molecular complexity index is 129. The van der Waals surface area contributed by atoms with Crippen LogP contribution in [0.1, 0.15) is 46.0 Å². The summed E-state index contributed by atoms with van der Waals surface area (Å²) in [5.41, 5.74) is 0.627. The molecule has 1 unspecified atom stereocenters. The molecule has 64 valence electrons. The molecule has 0 bridgehead atoms. The van der Waals surface area contributed by atoms with Crippen LogP contribution in [-0.4, -0.2) is 0 Å². The fourth-order valence-electron chi connectivity index (χ4n) is 2.46. The van der Waals surface area contributed by atoms with E-state index in [-0.39, 0.29) is 0 Å². The van der Waals surface area contributed by atoms with Crippen molar-refractivity contribution in [2.45, 2.75) is 46.0 Å². The van der Waals surface area contributed by atoms with Crippen molar-refractivity contribution >= 4 is 0 Å². The lowest BCUT2D eigenvalue weighted by Crippen LogP contribution is -2.22. The van der Waals surface area contributed by atoms with E-state index in [0.29, 0.717) is 5.41 Å². The lowest BCUT2D eigenvalue weighted by Gasteiger charge is -2.32. The molecule has 1 aliphatic carbocycles. The van der Waals surface area contributed by atoms with Gasteiger partial charge in [0.2, 0.25) is 0 Å². The van der Waals surface area contributed by atoms with Crippen molar-refractivity contribution in [1.82, 2.24) is 0 Å². The zero-order chi connectivity index (χ0) is 8.32. The van der Waals surface area contributed by atoms with Crippen LogP contribution in [0.2, 0.25) is 0 Å². The summed E-state index contributed by atoms with van der Waals surface area (Å²) in [5, 5.41) is 0. The summed E-state index contributed by atoms with van der Waals surface area (Å²) in [5.74, 6) is 0.718. The average Bonchev–Trinajstić information content (AvgIpc) is 2.52. The van der Waals surface area contributed by atoms with E-state index in [1.165, 1.54) is 32.1 Å². The first-order chi connectivity index (χ1) is 5.25. The van der Waals surface area contributed by atoms with Crippen LogP contribution in [0.4, 0.5) is 0 Å². The third kappa shape index (κ3) is 1.50. The smallest absolute Gasteiger partial charge is 0.0208 e. The molecule has 0 saturated heterocycles. The van der Waals surface area contributed by atoms with Crippen molar-refractivity contribution in [3.05, 3.63) is 12.7 Å². The summed E-state index contributed by atoms with van der Waals surface area (Å²) >= 11 is 0. The molecule has 0 amide bonds. The molecule has 1 aliphatic rings. The van der Waals surface area contributed by atoms with Gasteiger partial charge in [-0.25, -0.2) is 0 Å². The quantitative estimate of drug-likeness (QED) is 0.540. The summed E-state index contributed by atoms with van der Waals surface area (Å²) in [6.07, 6.45) is 9.19. The van der Waals surface area contributed by atoms with Gasteiger partial charge in [0.1, 0.15) is 0 Å². The van der Waals surface area contributed by atoms with Gasteiger partial charge in [-0.1, -0.05) is 32.8 Å². The van der Waals surface area contributed by atoms with Gasteiger partial charge in [0.15, 0.2) is 0 Å². The molecule has 0 heteroatoms. The fourth-order valence-corrected chi connectivity index (χ4v) is 2.46. The summed E-state index contributed by atoms with van der Waals surface area (Å²) in [6, 6.07) is 0. The van der Waals surface area contributed by atoms with Gasteiger partial charge in [-0.05, 0) is 30.6 Å². The fraction of sp³-hybridized carbons (Fsp3) is 0.818. The van der Waals surface area contributed by atoms with Crippen LogP contribution in [0.3, 0.4) is 0 Å². The Morgan fingerprint density at radius 3 is 2.36 bits per heavy atom. The monoisotopic (exact) mass is 152 g/mol. The minimum atomic E-state index is 0.627. The Kier molecular flexibility index (Phi) is 2.75. The molecule has 0 N–H and O–H groups in total. The Hall–Kier alpha value is -0.260. The Morgan fingerprint density at radius 1 is 1.45 bits per heavy atom. The zero-order valence-electron chi connectivity index (χ0n) is 7.90. The molecule has 1 atom stereocenters. The first kappa shape index (κ1) is 8.83. The van der Waals surface area contributed by atoms with Crippen LogP contribution >= 0.6 is 0 Å². The van der Waals surface area contributed by atoms with Gasteiger partial charge in [-0.2, -0.15) is 0 Å². The first-order valence-corrected chi connectivity index (χ1v) is 4.88. The molecule has 0 aromatic rings. The lowest BCUT2D eigenvalue weighted by atomic mass is 9.73. The molecule has 0 spiro atoms. The van der Waals surface area contributed by atoms with Crippen LogP contribution in [0.15, 0.2) is 12.7 Å². The van der Waals surface area contributed by atoms with Gasteiger partial charge in [-0.15, -0.1) is 6.58 Å². The topological polar surface area (TPSA) is 0 Å². The number of hydrogen-bond donors (Lipinski definition) is 0. The molecule has 11 heavy (non-hydrogen) atoms. The maximum absolute atomic E-state index is 3.90. The first-order valence-electron chi connectivity index (χ1n) is 4.88. The van der Waals surface area contributed by atoms with E-state index in [2.05, 4.69) is 26.5 Å². The summed E-state index contributed by atoms with van der Waals surface area (Å²) in [7, 11) is 0. The van der Waals surface area contributed by atoms with Crippen molar-refractivity contribution in [2.75, 3.05) is 0 Å². The van der Waals surface area contributed by atoms with E-state index in [4.69, 9.17) is 0 Å². The van der Waals surface area contributed by atoms with Crippen LogP contribution in [0.5, 0.6) is 0 Å². The van der Waals surface area contributed by atoms with E-state index < -0.39 is 0 Å². The maximum Gasteiger partial charge on any atom is -0.0208 e. The van der Waals surface area contributed by atoms with Crippen LogP contribution in [0, 0.1) is 11.3 Å². The highest BCUT2D eigenvalue weighted by atomic mass is 14.4. The van der Waals surface area contributed by atoms with Crippen molar-refractivity contribution in [3.63, 3.8) is 0 Å². The highest BCUT2D eigenvalue weighted by Crippen LogP contribution is 2.47. The molecule has 0 heterocycles. The largest absolute Gasteiger partial charge is 0.103 e. The standard InChI is InChI=1S/C11H20/c1-4-10(3)11(5-2)8-6-7-9-11/h4,10H,1,5-9H2,2-3H3. The van der Waals surface area contributed by atoms with Crippen LogP contribution < -0.4 is 0 Å². The average molecular weight is 152 g/mol. The normalized spacial score (nSPS) is 24.9. The van der Waals surface area contributed by atoms with Gasteiger partial charge >= 0.3 is 0 Å². The zero-order valence-corrected chi connectivity index (χ0v) is 7.90. The van der Waals surface area contributed by atoms with Crippen LogP contribution in [0.25, 0.3) is 0 Å². The number of rotatable bonds is 3. The van der Waals surface area contributed by atoms with E-state index in [1.807, 2.05) is 0 Å². The van der Waals surface area contributed by atoms with Crippen molar-refractivity contribution in [2.24, 2.45) is 11.3 Å². The van der Waals surface area contributed by atoms with E-state index in [9.17, 15) is 0 Å². The summed E-state index contributed by atoms with van der Waals surface area (Å²) < 4.78 is 0. The number of hydrogen-bond acceptors (Lipinski definition) is 0. The minimum absolute atomic E-state index is 0.627. The molecule has 0 radical (unpaired) electrons. The van der Waals surface area contributed by atoms with E-state index >= 15 is 0 Å². The second-order valence-corrected chi connectivity index (χ2v) is 3.95. The second-order valence-electron chi connectivity index (χ2n) is 3.95. The molecule has 1 rings (SSSR count). The van der Waals surface area contributed by atoms with Crippen LogP contribution in [-0.2, 0) is 0 Å². The second kappa shape index (κ2) is 3.42. The molecule has 1 saturated carbocycles. The van der Waals surface area contributed by atoms with Gasteiger partial charge in [-0.3, -0.25) is 0 Å². The Morgan fingerprint density at radius 2 is 2.00 bits per heavy atom. The van der Waals surface area contributed by atoms with E-state index in [1.54, 1.807) is 0 Å².